The predicted molar refractivity (Wildman–Crippen MR) is 320 cm³/mol. The van der Waals surface area contributed by atoms with Gasteiger partial charge < -0.3 is 19.3 Å². The Morgan fingerprint density at radius 2 is 0.579 bits per heavy atom. The van der Waals surface area contributed by atoms with Gasteiger partial charge in [0.2, 0.25) is 0 Å². The molecule has 0 bridgehead atoms. The van der Waals surface area contributed by atoms with Gasteiger partial charge in [-0.05, 0) is 115 Å². The molecule has 9 aromatic rings. The van der Waals surface area contributed by atoms with E-state index < -0.39 is 0 Å². The number of benzene rings is 8. The second kappa shape index (κ2) is 14.6. The second-order valence-corrected chi connectivity index (χ2v) is 25.9. The van der Waals surface area contributed by atoms with Crippen LogP contribution in [0.25, 0.3) is 38.6 Å². The second-order valence-electron chi connectivity index (χ2n) is 25.9. The highest BCUT2D eigenvalue weighted by molar-refractivity contribution is 6.13. The molecule has 0 saturated heterocycles. The maximum Gasteiger partial charge on any atom is 0.0539 e. The number of nitrogens with zero attached hydrogens (tertiary/aromatic N) is 4. The zero-order valence-corrected chi connectivity index (χ0v) is 46.1. The molecule has 374 valence electrons. The van der Waals surface area contributed by atoms with Crippen LogP contribution >= 0.6 is 0 Å². The first-order chi connectivity index (χ1) is 36.2. The van der Waals surface area contributed by atoms with Gasteiger partial charge in [0, 0.05) is 84.6 Å². The van der Waals surface area contributed by atoms with Crippen LogP contribution in [-0.2, 0) is 32.5 Å². The van der Waals surface area contributed by atoms with Gasteiger partial charge in [0.05, 0.1) is 28.1 Å². The van der Waals surface area contributed by atoms with Crippen molar-refractivity contribution in [3.05, 3.63) is 244 Å². The molecule has 76 heavy (non-hydrogen) atoms. The number of fused-ring (bicyclic) bond motifs is 9. The lowest BCUT2D eigenvalue weighted by Crippen LogP contribution is -2.38. The average molecular weight is 987 g/mol. The van der Waals surface area contributed by atoms with Gasteiger partial charge in [0.15, 0.2) is 0 Å². The van der Waals surface area contributed by atoms with Crippen molar-refractivity contribution in [2.24, 2.45) is 0 Å². The van der Waals surface area contributed by atoms with Gasteiger partial charge in [0.25, 0.3) is 0 Å². The summed E-state index contributed by atoms with van der Waals surface area (Å²) >= 11 is 0. The molecule has 0 fully saturated rings. The van der Waals surface area contributed by atoms with E-state index in [1.807, 2.05) is 0 Å². The first-order valence-corrected chi connectivity index (χ1v) is 27.6. The van der Waals surface area contributed by atoms with Crippen LogP contribution in [0.3, 0.4) is 0 Å². The summed E-state index contributed by atoms with van der Waals surface area (Å²) in [4.78, 5) is 7.54. The van der Waals surface area contributed by atoms with Crippen molar-refractivity contribution in [2.45, 2.75) is 116 Å². The fourth-order valence-corrected chi connectivity index (χ4v) is 15.4. The smallest absolute Gasteiger partial charge is 0.0539 e. The molecule has 8 aromatic carbocycles. The quantitative estimate of drug-likeness (QED) is 0.175. The van der Waals surface area contributed by atoms with Gasteiger partial charge in [-0.25, -0.2) is 0 Å². The molecule has 0 aliphatic carbocycles. The Bertz CT molecular complexity index is 4000. The molecule has 0 atom stereocenters. The molecule has 4 heteroatoms. The van der Waals surface area contributed by atoms with Crippen LogP contribution in [0.5, 0.6) is 0 Å². The number of rotatable bonds is 3. The van der Waals surface area contributed by atoms with Crippen molar-refractivity contribution < 1.29 is 0 Å². The summed E-state index contributed by atoms with van der Waals surface area (Å²) in [6.07, 6.45) is 7.43. The van der Waals surface area contributed by atoms with E-state index in [-0.39, 0.29) is 32.5 Å². The molecule has 0 radical (unpaired) electrons. The molecular weight excluding hydrogens is 921 g/mol. The molecule has 15 rings (SSSR count). The first kappa shape index (κ1) is 45.6. The number of hydrogen-bond donors (Lipinski definition) is 0. The van der Waals surface area contributed by atoms with E-state index in [2.05, 4.69) is 285 Å². The molecule has 4 nitrogen and oxygen atoms in total. The van der Waals surface area contributed by atoms with Crippen LogP contribution in [0.4, 0.5) is 34.1 Å². The SMILES string of the molecule is CC1(C)C(c2ccc3c(c2)c2cc(C4=CN5c6ccccc6C(C)(C)c6cccc(c65)C4(C)C)ccc2n3C2=CN3c4ccccc4C(C)(C)c4cccc(c43)C2(C)C)=CN2c3ccccc3C(C)(C)c3cccc1c32. The molecule has 0 amide bonds. The van der Waals surface area contributed by atoms with Gasteiger partial charge in [-0.2, -0.15) is 0 Å². The highest BCUT2D eigenvalue weighted by Crippen LogP contribution is 2.61. The normalized spacial score (nSPS) is 19.6. The number of aromatic nitrogens is 1. The average Bonchev–Trinajstić information content (AvgIpc) is 3.89. The van der Waals surface area contributed by atoms with Gasteiger partial charge in [0.1, 0.15) is 0 Å². The maximum absolute atomic E-state index is 2.62. The molecule has 7 heterocycles. The van der Waals surface area contributed by atoms with Crippen molar-refractivity contribution in [2.75, 3.05) is 14.7 Å². The summed E-state index contributed by atoms with van der Waals surface area (Å²) in [6, 6.07) is 63.0. The summed E-state index contributed by atoms with van der Waals surface area (Å²) in [5, 5.41) is 2.51. The molecule has 6 aliphatic heterocycles. The van der Waals surface area contributed by atoms with E-state index in [1.165, 1.54) is 134 Å². The molecule has 1 aromatic heterocycles. The molecule has 0 N–H and O–H groups in total. The van der Waals surface area contributed by atoms with Crippen LogP contribution in [0, 0.1) is 0 Å². The molecular formula is C72H66N4. The zero-order valence-electron chi connectivity index (χ0n) is 46.1. The molecule has 0 saturated carbocycles. The van der Waals surface area contributed by atoms with Crippen LogP contribution < -0.4 is 14.7 Å². The summed E-state index contributed by atoms with van der Waals surface area (Å²) in [6.45, 7) is 29.0. The fourth-order valence-electron chi connectivity index (χ4n) is 15.4. The lowest BCUT2D eigenvalue weighted by Gasteiger charge is -2.48. The van der Waals surface area contributed by atoms with E-state index in [0.29, 0.717) is 0 Å². The number of allylic oxidation sites excluding steroid dienone is 3. The third kappa shape index (κ3) is 5.54. The Morgan fingerprint density at radius 1 is 0.276 bits per heavy atom. The standard InChI is InChI=1S/C72H66N4/c1-67(2)47-22-13-16-31-60(47)73-40-56(70(7,8)53-28-19-25-50(67)64(53)73)43-34-36-58-45(38-43)46-39-44(57-41-74-61-32-17-14-23-48(61)68(3,4)51-26-20-29-54(65(51)74)71(57,9)10)35-37-59(46)76(58)63-42-75-62-33-18-15-24-49(62)69(5,6)52-27-21-30-55(66(52)75)72(63,11)12/h13-42H,1-12H3. The number of anilines is 6. The molecule has 0 spiro atoms. The van der Waals surface area contributed by atoms with Gasteiger partial charge in [-0.3, -0.25) is 0 Å². The third-order valence-electron chi connectivity index (χ3n) is 19.8. The van der Waals surface area contributed by atoms with E-state index in [4.69, 9.17) is 0 Å². The number of hydrogen-bond acceptors (Lipinski definition) is 3. The van der Waals surface area contributed by atoms with Gasteiger partial charge >= 0.3 is 0 Å². The summed E-state index contributed by atoms with van der Waals surface area (Å²) in [7, 11) is 0. The van der Waals surface area contributed by atoms with Crippen LogP contribution in [-0.4, -0.2) is 4.57 Å². The highest BCUT2D eigenvalue weighted by atomic mass is 15.2. The largest absolute Gasteiger partial charge is 0.316 e. The van der Waals surface area contributed by atoms with Crippen molar-refractivity contribution in [3.63, 3.8) is 0 Å². The monoisotopic (exact) mass is 987 g/mol. The van der Waals surface area contributed by atoms with Crippen molar-refractivity contribution in [1.29, 1.82) is 0 Å². The molecule has 6 aliphatic rings. The van der Waals surface area contributed by atoms with Crippen LogP contribution in [0.15, 0.2) is 182 Å². The Hall–Kier alpha value is -7.82. The predicted octanol–water partition coefficient (Wildman–Crippen LogP) is 18.6. The maximum atomic E-state index is 2.62. The van der Waals surface area contributed by atoms with E-state index in [1.54, 1.807) is 0 Å². The molecule has 0 unspecified atom stereocenters. The minimum absolute atomic E-state index is 0.130. The van der Waals surface area contributed by atoms with Gasteiger partial charge in [-0.1, -0.05) is 204 Å². The van der Waals surface area contributed by atoms with E-state index >= 15 is 0 Å². The van der Waals surface area contributed by atoms with Crippen molar-refractivity contribution in [1.82, 2.24) is 4.57 Å². The zero-order chi connectivity index (χ0) is 52.4. The Kier molecular flexibility index (Phi) is 8.73. The summed E-state index contributed by atoms with van der Waals surface area (Å²) in [5.74, 6) is 0. The Balaban J connectivity index is 0.988. The summed E-state index contributed by atoms with van der Waals surface area (Å²) in [5.41, 5.74) is 27.5. The third-order valence-corrected chi connectivity index (χ3v) is 19.8. The fraction of sp³-hybridized carbons (Fsp3) is 0.250. The van der Waals surface area contributed by atoms with E-state index in [9.17, 15) is 0 Å². The number of para-hydroxylation sites is 6. The topological polar surface area (TPSA) is 14.7 Å². The van der Waals surface area contributed by atoms with E-state index in [0.717, 1.165) is 0 Å². The minimum atomic E-state index is -0.351. The van der Waals surface area contributed by atoms with Crippen LogP contribution in [0.2, 0.25) is 0 Å². The van der Waals surface area contributed by atoms with Crippen molar-refractivity contribution >= 4 is 72.8 Å². The van der Waals surface area contributed by atoms with Crippen molar-refractivity contribution in [3.8, 4) is 0 Å². The van der Waals surface area contributed by atoms with Gasteiger partial charge in [-0.15, -0.1) is 0 Å². The Labute approximate surface area is 448 Å². The first-order valence-electron chi connectivity index (χ1n) is 27.6. The lowest BCUT2D eigenvalue weighted by atomic mass is 9.66. The summed E-state index contributed by atoms with van der Waals surface area (Å²) < 4.78 is 2.62. The van der Waals surface area contributed by atoms with Crippen LogP contribution in [0.1, 0.15) is 144 Å². The Morgan fingerprint density at radius 3 is 0.947 bits per heavy atom. The highest BCUT2D eigenvalue weighted by Gasteiger charge is 2.48. The minimum Gasteiger partial charge on any atom is -0.316 e. The lowest BCUT2D eigenvalue weighted by molar-refractivity contribution is 0.606.